The summed E-state index contributed by atoms with van der Waals surface area (Å²) in [6.07, 6.45) is 4.18. The fourth-order valence-electron chi connectivity index (χ4n) is 1.82. The van der Waals surface area contributed by atoms with Crippen LogP contribution in [0.15, 0.2) is 0 Å². The molecule has 0 aliphatic carbocycles. The molecule has 0 saturated carbocycles. The smallest absolute Gasteiger partial charge is 0.214 e. The first-order valence-electron chi connectivity index (χ1n) is 6.40. The largest absolute Gasteiger partial charge is 0.230 e. The number of rotatable bonds is 9. The molecular formula is C12H24N2O2S. The van der Waals surface area contributed by atoms with Gasteiger partial charge in [0.15, 0.2) is 4.75 Å². The van der Waals surface area contributed by atoms with Crippen LogP contribution >= 0.6 is 0 Å². The van der Waals surface area contributed by atoms with Gasteiger partial charge < -0.3 is 0 Å². The van der Waals surface area contributed by atoms with Gasteiger partial charge in [0, 0.05) is 6.54 Å². The van der Waals surface area contributed by atoms with Crippen LogP contribution in [0, 0.1) is 11.3 Å². The molecule has 0 saturated heterocycles. The van der Waals surface area contributed by atoms with Gasteiger partial charge in [0.25, 0.3) is 0 Å². The van der Waals surface area contributed by atoms with E-state index in [-0.39, 0.29) is 0 Å². The summed E-state index contributed by atoms with van der Waals surface area (Å²) in [5, 5.41) is 9.32. The first-order valence-corrected chi connectivity index (χ1v) is 7.88. The molecule has 0 spiro atoms. The molecule has 0 radical (unpaired) electrons. The molecule has 0 aromatic rings. The molecule has 0 bridgehead atoms. The first kappa shape index (κ1) is 16.4. The number of unbranched alkanes of at least 4 members (excludes halogenated alkanes) is 2. The van der Waals surface area contributed by atoms with Gasteiger partial charge in [0.2, 0.25) is 10.0 Å². The lowest BCUT2D eigenvalue weighted by atomic mass is 9.96. The maximum absolute atomic E-state index is 12.2. The Hall–Kier alpha value is -0.600. The van der Waals surface area contributed by atoms with Gasteiger partial charge in [-0.15, -0.1) is 0 Å². The van der Waals surface area contributed by atoms with E-state index in [0.717, 1.165) is 25.7 Å². The Morgan fingerprint density at radius 2 is 1.59 bits per heavy atom. The molecule has 4 nitrogen and oxygen atoms in total. The fourth-order valence-corrected chi connectivity index (χ4v) is 3.42. The van der Waals surface area contributed by atoms with Crippen molar-refractivity contribution in [2.75, 3.05) is 6.54 Å². The number of hydrogen-bond acceptors (Lipinski definition) is 3. The Kier molecular flexibility index (Phi) is 7.40. The van der Waals surface area contributed by atoms with Crippen molar-refractivity contribution in [3.63, 3.8) is 0 Å². The van der Waals surface area contributed by atoms with Crippen molar-refractivity contribution in [2.45, 2.75) is 64.0 Å². The fraction of sp³-hybridized carbons (Fsp3) is 0.917. The lowest BCUT2D eigenvalue weighted by Crippen LogP contribution is -2.45. The summed E-state index contributed by atoms with van der Waals surface area (Å²) in [6, 6.07) is 2.06. The first-order chi connectivity index (χ1) is 7.99. The number of hydrogen-bond donors (Lipinski definition) is 1. The van der Waals surface area contributed by atoms with Crippen LogP contribution in [0.4, 0.5) is 0 Å². The maximum atomic E-state index is 12.2. The third-order valence-corrected chi connectivity index (χ3v) is 5.12. The SMILES string of the molecule is CCCCC(C#N)(CCCC)S(=O)(=O)NCC. The monoisotopic (exact) mass is 260 g/mol. The molecule has 0 aromatic carbocycles. The summed E-state index contributed by atoms with van der Waals surface area (Å²) in [4.78, 5) is 0. The van der Waals surface area contributed by atoms with Gasteiger partial charge in [-0.3, -0.25) is 0 Å². The van der Waals surface area contributed by atoms with Crippen molar-refractivity contribution < 1.29 is 8.42 Å². The molecule has 0 atom stereocenters. The van der Waals surface area contributed by atoms with Crippen molar-refractivity contribution in [3.05, 3.63) is 0 Å². The zero-order valence-electron chi connectivity index (χ0n) is 11.1. The topological polar surface area (TPSA) is 70.0 Å². The molecule has 0 heterocycles. The number of sulfonamides is 1. The molecule has 0 aromatic heterocycles. The average molecular weight is 260 g/mol. The lowest BCUT2D eigenvalue weighted by Gasteiger charge is -2.26. The van der Waals surface area contributed by atoms with Crippen LogP contribution in [0.25, 0.3) is 0 Å². The molecule has 100 valence electrons. The third kappa shape index (κ3) is 4.29. The summed E-state index contributed by atoms with van der Waals surface area (Å²) < 4.78 is 25.6. The van der Waals surface area contributed by atoms with E-state index in [1.54, 1.807) is 6.92 Å². The van der Waals surface area contributed by atoms with Crippen LogP contribution < -0.4 is 4.72 Å². The van der Waals surface area contributed by atoms with Gasteiger partial charge in [-0.1, -0.05) is 46.5 Å². The highest BCUT2D eigenvalue weighted by atomic mass is 32.2. The van der Waals surface area contributed by atoms with Crippen LogP contribution in [-0.2, 0) is 10.0 Å². The molecule has 0 fully saturated rings. The van der Waals surface area contributed by atoms with Gasteiger partial charge in [-0.2, -0.15) is 5.26 Å². The maximum Gasteiger partial charge on any atom is 0.230 e. The zero-order chi connectivity index (χ0) is 13.4. The van der Waals surface area contributed by atoms with Crippen LogP contribution in [0.2, 0.25) is 0 Å². The van der Waals surface area contributed by atoms with Gasteiger partial charge in [0.1, 0.15) is 0 Å². The minimum Gasteiger partial charge on any atom is -0.214 e. The van der Waals surface area contributed by atoms with Crippen LogP contribution in [0.1, 0.15) is 59.3 Å². The highest BCUT2D eigenvalue weighted by Gasteiger charge is 2.42. The second-order valence-electron chi connectivity index (χ2n) is 4.31. The van der Waals surface area contributed by atoms with E-state index in [1.165, 1.54) is 0 Å². The molecule has 5 heteroatoms. The molecule has 0 rings (SSSR count). The van der Waals surface area contributed by atoms with E-state index < -0.39 is 14.8 Å². The Morgan fingerprint density at radius 3 is 1.88 bits per heavy atom. The van der Waals surface area contributed by atoms with Crippen molar-refractivity contribution in [1.82, 2.24) is 4.72 Å². The average Bonchev–Trinajstić information content (AvgIpc) is 2.29. The molecule has 0 unspecified atom stereocenters. The summed E-state index contributed by atoms with van der Waals surface area (Å²) in [5.41, 5.74) is 0. The Balaban J connectivity index is 5.11. The van der Waals surface area contributed by atoms with Crippen molar-refractivity contribution >= 4 is 10.0 Å². The highest BCUT2D eigenvalue weighted by molar-refractivity contribution is 7.91. The van der Waals surface area contributed by atoms with E-state index in [4.69, 9.17) is 0 Å². The second kappa shape index (κ2) is 7.67. The van der Waals surface area contributed by atoms with Crippen molar-refractivity contribution in [3.8, 4) is 6.07 Å². The van der Waals surface area contributed by atoms with E-state index in [2.05, 4.69) is 10.8 Å². The minimum atomic E-state index is -3.54. The predicted molar refractivity (Wildman–Crippen MR) is 70.0 cm³/mol. The third-order valence-electron chi connectivity index (χ3n) is 2.92. The van der Waals surface area contributed by atoms with E-state index in [0.29, 0.717) is 19.4 Å². The minimum absolute atomic E-state index is 0.337. The summed E-state index contributed by atoms with van der Waals surface area (Å²) in [5.74, 6) is 0. The lowest BCUT2D eigenvalue weighted by molar-refractivity contribution is 0.482. The zero-order valence-corrected chi connectivity index (χ0v) is 11.9. The molecular weight excluding hydrogens is 236 g/mol. The van der Waals surface area contributed by atoms with Crippen LogP contribution in [0.5, 0.6) is 0 Å². The molecule has 0 aliphatic rings. The standard InChI is InChI=1S/C12H24N2O2S/c1-4-7-9-12(11-13,10-8-5-2)17(15,16)14-6-3/h14H,4-10H2,1-3H3. The predicted octanol–water partition coefficient (Wildman–Crippen LogP) is 2.57. The molecule has 17 heavy (non-hydrogen) atoms. The second-order valence-corrected chi connectivity index (χ2v) is 6.39. The summed E-state index contributed by atoms with van der Waals surface area (Å²) in [7, 11) is -3.54. The molecule has 0 aliphatic heterocycles. The van der Waals surface area contributed by atoms with Gasteiger partial charge in [-0.25, -0.2) is 13.1 Å². The van der Waals surface area contributed by atoms with Gasteiger partial charge in [-0.05, 0) is 12.8 Å². The Labute approximate surface area is 105 Å². The van der Waals surface area contributed by atoms with Gasteiger partial charge >= 0.3 is 0 Å². The molecule has 0 amide bonds. The normalized spacial score (nSPS) is 12.4. The number of nitrogens with zero attached hydrogens (tertiary/aromatic N) is 1. The van der Waals surface area contributed by atoms with E-state index >= 15 is 0 Å². The Morgan fingerprint density at radius 1 is 1.12 bits per heavy atom. The summed E-state index contributed by atoms with van der Waals surface area (Å²) in [6.45, 7) is 6.08. The summed E-state index contributed by atoms with van der Waals surface area (Å²) >= 11 is 0. The van der Waals surface area contributed by atoms with Crippen LogP contribution in [0.3, 0.4) is 0 Å². The van der Waals surface area contributed by atoms with Crippen molar-refractivity contribution in [2.24, 2.45) is 0 Å². The van der Waals surface area contributed by atoms with Crippen molar-refractivity contribution in [1.29, 1.82) is 5.26 Å². The Bertz CT molecular complexity index is 336. The quantitative estimate of drug-likeness (QED) is 0.692. The van der Waals surface area contributed by atoms with E-state index in [9.17, 15) is 13.7 Å². The van der Waals surface area contributed by atoms with Gasteiger partial charge in [0.05, 0.1) is 6.07 Å². The highest BCUT2D eigenvalue weighted by Crippen LogP contribution is 2.29. The number of nitriles is 1. The van der Waals surface area contributed by atoms with Crippen LogP contribution in [-0.4, -0.2) is 19.7 Å². The number of nitrogens with one attached hydrogen (secondary N) is 1. The van der Waals surface area contributed by atoms with E-state index in [1.807, 2.05) is 13.8 Å². The molecule has 1 N–H and O–H groups in total.